The van der Waals surface area contributed by atoms with Crippen molar-refractivity contribution in [1.29, 1.82) is 5.26 Å². The van der Waals surface area contributed by atoms with Crippen LogP contribution in [0.25, 0.3) is 0 Å². The largest absolute Gasteiger partial charge is 0.484 e. The number of hydrogen-bond acceptors (Lipinski definition) is 5. The fourth-order valence-electron chi connectivity index (χ4n) is 2.91. The fraction of sp³-hybridized carbons (Fsp3) is 0.333. The van der Waals surface area contributed by atoms with Crippen molar-refractivity contribution < 1.29 is 9.53 Å². The van der Waals surface area contributed by atoms with Gasteiger partial charge in [0.25, 0.3) is 5.91 Å². The molecular formula is C21H23N3O2S. The highest BCUT2D eigenvalue weighted by molar-refractivity contribution is 7.99. The first kappa shape index (κ1) is 19.3. The van der Waals surface area contributed by atoms with Crippen LogP contribution >= 0.6 is 11.8 Å². The minimum atomic E-state index is -0.183. The van der Waals surface area contributed by atoms with Gasteiger partial charge in [-0.05, 0) is 29.3 Å². The summed E-state index contributed by atoms with van der Waals surface area (Å²) in [6.45, 7) is 2.96. The summed E-state index contributed by atoms with van der Waals surface area (Å²) in [6, 6.07) is 17.3. The van der Waals surface area contributed by atoms with Crippen molar-refractivity contribution in [3.8, 4) is 11.8 Å². The Hall–Kier alpha value is -2.49. The molecule has 2 aromatic rings. The minimum absolute atomic E-state index is 0.0493. The van der Waals surface area contributed by atoms with Gasteiger partial charge in [0.15, 0.2) is 6.61 Å². The zero-order valence-corrected chi connectivity index (χ0v) is 16.0. The van der Waals surface area contributed by atoms with Gasteiger partial charge in [0.05, 0.1) is 12.5 Å². The van der Waals surface area contributed by atoms with Crippen LogP contribution in [-0.4, -0.2) is 42.0 Å². The van der Waals surface area contributed by atoms with E-state index >= 15 is 0 Å². The lowest BCUT2D eigenvalue weighted by Crippen LogP contribution is -2.32. The molecule has 6 heteroatoms. The third-order valence-electron chi connectivity index (χ3n) is 4.37. The van der Waals surface area contributed by atoms with Crippen molar-refractivity contribution >= 4 is 23.4 Å². The van der Waals surface area contributed by atoms with Gasteiger partial charge in [-0.1, -0.05) is 30.3 Å². The lowest BCUT2D eigenvalue weighted by atomic mass is 10.1. The first-order valence-corrected chi connectivity index (χ1v) is 10.2. The summed E-state index contributed by atoms with van der Waals surface area (Å²) >= 11 is 1.99. The van der Waals surface area contributed by atoms with E-state index in [1.54, 1.807) is 12.1 Å². The van der Waals surface area contributed by atoms with E-state index in [-0.39, 0.29) is 12.5 Å². The summed E-state index contributed by atoms with van der Waals surface area (Å²) in [4.78, 5) is 14.7. The van der Waals surface area contributed by atoms with E-state index in [0.29, 0.717) is 12.2 Å². The summed E-state index contributed by atoms with van der Waals surface area (Å²) in [5.41, 5.74) is 2.90. The highest BCUT2D eigenvalue weighted by Crippen LogP contribution is 2.20. The number of nitriles is 1. The molecule has 0 atom stereocenters. The Morgan fingerprint density at radius 1 is 1.15 bits per heavy atom. The quantitative estimate of drug-likeness (QED) is 0.797. The molecular weight excluding hydrogens is 358 g/mol. The molecule has 1 aliphatic heterocycles. The Bertz CT molecular complexity index is 796. The smallest absolute Gasteiger partial charge is 0.262 e. The van der Waals surface area contributed by atoms with Crippen LogP contribution in [0.4, 0.5) is 5.69 Å². The maximum Gasteiger partial charge on any atom is 0.262 e. The number of thioether (sulfide) groups is 1. The second-order valence-corrected chi connectivity index (χ2v) is 7.59. The highest BCUT2D eigenvalue weighted by Gasteiger charge is 2.14. The molecule has 0 aliphatic carbocycles. The number of hydrogen-bond donors (Lipinski definition) is 1. The number of rotatable bonds is 7. The van der Waals surface area contributed by atoms with Gasteiger partial charge in [-0.2, -0.15) is 17.0 Å². The third-order valence-corrected chi connectivity index (χ3v) is 5.31. The second kappa shape index (κ2) is 10.0. The SMILES string of the molecule is N#CCc1ccc(OCC(=O)Nc2ccccc2CN2CCSCC2)cc1. The summed E-state index contributed by atoms with van der Waals surface area (Å²) in [6.07, 6.45) is 0.368. The molecule has 140 valence electrons. The number of carbonyl (C=O) groups is 1. The second-order valence-electron chi connectivity index (χ2n) is 6.36. The van der Waals surface area contributed by atoms with E-state index in [2.05, 4.69) is 22.4 Å². The van der Waals surface area contributed by atoms with E-state index in [4.69, 9.17) is 10.00 Å². The lowest BCUT2D eigenvalue weighted by Gasteiger charge is -2.27. The molecule has 0 radical (unpaired) electrons. The zero-order chi connectivity index (χ0) is 18.9. The summed E-state index contributed by atoms with van der Waals surface area (Å²) in [5, 5.41) is 11.7. The lowest BCUT2D eigenvalue weighted by molar-refractivity contribution is -0.118. The predicted molar refractivity (Wildman–Crippen MR) is 109 cm³/mol. The van der Waals surface area contributed by atoms with Crippen LogP contribution in [0.15, 0.2) is 48.5 Å². The molecule has 2 aromatic carbocycles. The Balaban J connectivity index is 1.53. The summed E-state index contributed by atoms with van der Waals surface area (Å²) in [5.74, 6) is 2.76. The van der Waals surface area contributed by atoms with Crippen LogP contribution in [0.2, 0.25) is 0 Å². The Morgan fingerprint density at radius 2 is 1.89 bits per heavy atom. The molecule has 0 bridgehead atoms. The van der Waals surface area contributed by atoms with Crippen molar-refractivity contribution in [2.24, 2.45) is 0 Å². The van der Waals surface area contributed by atoms with Crippen molar-refractivity contribution in [2.75, 3.05) is 36.5 Å². The topological polar surface area (TPSA) is 65.4 Å². The number of nitrogens with zero attached hydrogens (tertiary/aromatic N) is 2. The number of benzene rings is 2. The third kappa shape index (κ3) is 6.02. The van der Waals surface area contributed by atoms with Gasteiger partial charge < -0.3 is 10.1 Å². The van der Waals surface area contributed by atoms with Gasteiger partial charge in [0, 0.05) is 36.8 Å². The number of ether oxygens (including phenoxy) is 1. The van der Waals surface area contributed by atoms with E-state index in [0.717, 1.165) is 48.0 Å². The van der Waals surface area contributed by atoms with Gasteiger partial charge >= 0.3 is 0 Å². The molecule has 1 aliphatic rings. The van der Waals surface area contributed by atoms with Gasteiger partial charge in [0.2, 0.25) is 0 Å². The molecule has 5 nitrogen and oxygen atoms in total. The molecule has 1 saturated heterocycles. The predicted octanol–water partition coefficient (Wildman–Crippen LogP) is 3.32. The average molecular weight is 382 g/mol. The molecule has 1 heterocycles. The van der Waals surface area contributed by atoms with Crippen molar-refractivity contribution in [3.63, 3.8) is 0 Å². The molecule has 0 saturated carbocycles. The summed E-state index contributed by atoms with van der Waals surface area (Å²) in [7, 11) is 0. The van der Waals surface area contributed by atoms with Crippen molar-refractivity contribution in [3.05, 3.63) is 59.7 Å². The molecule has 0 unspecified atom stereocenters. The number of nitrogens with one attached hydrogen (secondary N) is 1. The number of anilines is 1. The molecule has 1 N–H and O–H groups in total. The van der Waals surface area contributed by atoms with Crippen LogP contribution in [0.3, 0.4) is 0 Å². The van der Waals surface area contributed by atoms with E-state index in [1.165, 1.54) is 0 Å². The number of amides is 1. The Morgan fingerprint density at radius 3 is 2.63 bits per heavy atom. The first-order chi connectivity index (χ1) is 13.2. The monoisotopic (exact) mass is 381 g/mol. The van der Waals surface area contributed by atoms with Gasteiger partial charge in [-0.15, -0.1) is 0 Å². The van der Waals surface area contributed by atoms with Gasteiger partial charge in [-0.25, -0.2) is 0 Å². The molecule has 0 aromatic heterocycles. The van der Waals surface area contributed by atoms with Crippen LogP contribution < -0.4 is 10.1 Å². The van der Waals surface area contributed by atoms with Crippen LogP contribution in [0.5, 0.6) is 5.75 Å². The standard InChI is InChI=1S/C21H23N3O2S/c22-10-9-17-5-7-19(8-6-17)26-16-21(25)23-20-4-2-1-3-18(20)15-24-11-13-27-14-12-24/h1-8H,9,11-16H2,(H,23,25). The molecule has 3 rings (SSSR count). The molecule has 0 spiro atoms. The van der Waals surface area contributed by atoms with Crippen molar-refractivity contribution in [1.82, 2.24) is 4.90 Å². The van der Waals surface area contributed by atoms with Crippen LogP contribution in [0.1, 0.15) is 11.1 Å². The molecule has 27 heavy (non-hydrogen) atoms. The van der Waals surface area contributed by atoms with E-state index in [1.807, 2.05) is 42.1 Å². The minimum Gasteiger partial charge on any atom is -0.484 e. The first-order valence-electron chi connectivity index (χ1n) is 9.01. The number of carbonyl (C=O) groups excluding carboxylic acids is 1. The maximum absolute atomic E-state index is 12.3. The normalized spacial score (nSPS) is 14.3. The van der Waals surface area contributed by atoms with Crippen molar-refractivity contribution in [2.45, 2.75) is 13.0 Å². The van der Waals surface area contributed by atoms with Gasteiger partial charge in [0.1, 0.15) is 5.75 Å². The fourth-order valence-corrected chi connectivity index (χ4v) is 3.89. The van der Waals surface area contributed by atoms with E-state index < -0.39 is 0 Å². The molecule has 1 fully saturated rings. The van der Waals surface area contributed by atoms with Crippen LogP contribution in [-0.2, 0) is 17.8 Å². The van der Waals surface area contributed by atoms with E-state index in [9.17, 15) is 4.79 Å². The Labute approximate surface area is 164 Å². The maximum atomic E-state index is 12.3. The number of para-hydroxylation sites is 1. The summed E-state index contributed by atoms with van der Waals surface area (Å²) < 4.78 is 5.55. The Kier molecular flexibility index (Phi) is 7.14. The highest BCUT2D eigenvalue weighted by atomic mass is 32.2. The average Bonchev–Trinajstić information content (AvgIpc) is 2.70. The zero-order valence-electron chi connectivity index (χ0n) is 15.2. The van der Waals surface area contributed by atoms with Gasteiger partial charge in [-0.3, -0.25) is 9.69 Å². The van der Waals surface area contributed by atoms with Crippen LogP contribution in [0, 0.1) is 11.3 Å². The molecule has 1 amide bonds.